The van der Waals surface area contributed by atoms with Gasteiger partial charge < -0.3 is 10.1 Å². The van der Waals surface area contributed by atoms with Crippen molar-refractivity contribution >= 4 is 0 Å². The standard InChI is InChI=1S/C10H13FN2O/c11-9-7-13-5-3-10(9)14-8-2-1-4-12-6-8/h1-2,4,6,9-10,13H,3,5,7H2/t9-,10+/m0/s1. The second-order valence-electron chi connectivity index (χ2n) is 3.35. The second-order valence-corrected chi connectivity index (χ2v) is 3.35. The van der Waals surface area contributed by atoms with Gasteiger partial charge in [-0.05, 0) is 25.1 Å². The number of halogens is 1. The number of hydrogen-bond donors (Lipinski definition) is 1. The van der Waals surface area contributed by atoms with Gasteiger partial charge in [-0.15, -0.1) is 0 Å². The Morgan fingerprint density at radius 3 is 3.21 bits per heavy atom. The number of piperidine rings is 1. The van der Waals surface area contributed by atoms with Crippen LogP contribution in [0.25, 0.3) is 0 Å². The number of nitrogens with one attached hydrogen (secondary N) is 1. The van der Waals surface area contributed by atoms with E-state index in [9.17, 15) is 4.39 Å². The van der Waals surface area contributed by atoms with Crippen molar-refractivity contribution < 1.29 is 9.13 Å². The van der Waals surface area contributed by atoms with E-state index in [1.165, 1.54) is 0 Å². The summed E-state index contributed by atoms with van der Waals surface area (Å²) in [4.78, 5) is 3.91. The number of pyridine rings is 1. The lowest BCUT2D eigenvalue weighted by atomic mass is 10.1. The maximum absolute atomic E-state index is 13.3. The number of rotatable bonds is 2. The summed E-state index contributed by atoms with van der Waals surface area (Å²) in [5.41, 5.74) is 0. The fraction of sp³-hybridized carbons (Fsp3) is 0.500. The predicted octanol–water partition coefficient (Wildman–Crippen LogP) is 1.16. The monoisotopic (exact) mass is 196 g/mol. The van der Waals surface area contributed by atoms with Gasteiger partial charge in [0.15, 0.2) is 0 Å². The Morgan fingerprint density at radius 2 is 2.50 bits per heavy atom. The molecule has 2 atom stereocenters. The molecule has 1 aliphatic rings. The fourth-order valence-electron chi connectivity index (χ4n) is 1.52. The van der Waals surface area contributed by atoms with Crippen molar-refractivity contribution in [2.24, 2.45) is 0 Å². The van der Waals surface area contributed by atoms with Gasteiger partial charge >= 0.3 is 0 Å². The third-order valence-corrected chi connectivity index (χ3v) is 2.27. The Balaban J connectivity index is 1.96. The van der Waals surface area contributed by atoms with Crippen LogP contribution < -0.4 is 10.1 Å². The highest BCUT2D eigenvalue weighted by molar-refractivity contribution is 5.16. The normalized spacial score (nSPS) is 27.2. The van der Waals surface area contributed by atoms with Crippen molar-refractivity contribution in [3.63, 3.8) is 0 Å². The summed E-state index contributed by atoms with van der Waals surface area (Å²) in [5, 5.41) is 2.98. The van der Waals surface area contributed by atoms with Gasteiger partial charge in [-0.25, -0.2) is 4.39 Å². The van der Waals surface area contributed by atoms with E-state index < -0.39 is 6.17 Å². The zero-order chi connectivity index (χ0) is 9.80. The first-order chi connectivity index (χ1) is 6.86. The van der Waals surface area contributed by atoms with Gasteiger partial charge in [0, 0.05) is 12.7 Å². The summed E-state index contributed by atoms with van der Waals surface area (Å²) < 4.78 is 18.8. The molecule has 3 nitrogen and oxygen atoms in total. The van der Waals surface area contributed by atoms with E-state index in [4.69, 9.17) is 4.74 Å². The van der Waals surface area contributed by atoms with Gasteiger partial charge in [0.1, 0.15) is 18.0 Å². The molecule has 0 spiro atoms. The first-order valence-corrected chi connectivity index (χ1v) is 4.78. The predicted molar refractivity (Wildman–Crippen MR) is 51.0 cm³/mol. The van der Waals surface area contributed by atoms with Crippen LogP contribution in [0, 0.1) is 0 Å². The van der Waals surface area contributed by atoms with E-state index in [2.05, 4.69) is 10.3 Å². The summed E-state index contributed by atoms with van der Waals surface area (Å²) in [6, 6.07) is 3.57. The SMILES string of the molecule is F[C@H]1CNCC[C@H]1Oc1cccnc1. The lowest BCUT2D eigenvalue weighted by molar-refractivity contribution is 0.0728. The van der Waals surface area contributed by atoms with Gasteiger partial charge in [-0.3, -0.25) is 4.98 Å². The summed E-state index contributed by atoms with van der Waals surface area (Å²) in [7, 11) is 0. The Kier molecular flexibility index (Phi) is 2.93. The Labute approximate surface area is 82.3 Å². The number of alkyl halides is 1. The molecule has 76 valence electrons. The topological polar surface area (TPSA) is 34.1 Å². The third kappa shape index (κ3) is 2.20. The number of hydrogen-bond acceptors (Lipinski definition) is 3. The Bertz CT molecular complexity index is 281. The highest BCUT2D eigenvalue weighted by atomic mass is 19.1. The van der Waals surface area contributed by atoms with Gasteiger partial charge in [0.2, 0.25) is 0 Å². The molecule has 2 rings (SSSR count). The molecule has 0 radical (unpaired) electrons. The molecular weight excluding hydrogens is 183 g/mol. The largest absolute Gasteiger partial charge is 0.486 e. The highest BCUT2D eigenvalue weighted by Crippen LogP contribution is 2.16. The molecule has 0 bridgehead atoms. The molecule has 14 heavy (non-hydrogen) atoms. The molecule has 4 heteroatoms. The maximum Gasteiger partial charge on any atom is 0.149 e. The van der Waals surface area contributed by atoms with Crippen LogP contribution in [-0.4, -0.2) is 30.3 Å². The lowest BCUT2D eigenvalue weighted by Gasteiger charge is -2.27. The van der Waals surface area contributed by atoms with Crippen molar-refractivity contribution in [3.8, 4) is 5.75 Å². The third-order valence-electron chi connectivity index (χ3n) is 2.27. The average molecular weight is 196 g/mol. The van der Waals surface area contributed by atoms with Crippen molar-refractivity contribution in [2.45, 2.75) is 18.7 Å². The molecule has 2 heterocycles. The molecule has 0 amide bonds. The van der Waals surface area contributed by atoms with E-state index >= 15 is 0 Å². The van der Waals surface area contributed by atoms with Crippen LogP contribution in [-0.2, 0) is 0 Å². The zero-order valence-electron chi connectivity index (χ0n) is 7.82. The van der Waals surface area contributed by atoms with Crippen LogP contribution >= 0.6 is 0 Å². The van der Waals surface area contributed by atoms with E-state index in [0.29, 0.717) is 18.7 Å². The number of aromatic nitrogens is 1. The Hall–Kier alpha value is -1.16. The van der Waals surface area contributed by atoms with Crippen LogP contribution in [0.4, 0.5) is 4.39 Å². The van der Waals surface area contributed by atoms with Crippen molar-refractivity contribution in [1.29, 1.82) is 0 Å². The maximum atomic E-state index is 13.3. The first-order valence-electron chi connectivity index (χ1n) is 4.78. The molecule has 1 aromatic rings. The molecule has 1 saturated heterocycles. The van der Waals surface area contributed by atoms with Crippen LogP contribution in [0.2, 0.25) is 0 Å². The molecule has 1 fully saturated rings. The molecule has 0 saturated carbocycles. The molecule has 1 aromatic heterocycles. The first kappa shape index (κ1) is 9.40. The number of nitrogens with zero attached hydrogens (tertiary/aromatic N) is 1. The van der Waals surface area contributed by atoms with Crippen LogP contribution in [0.5, 0.6) is 5.75 Å². The quantitative estimate of drug-likeness (QED) is 0.770. The smallest absolute Gasteiger partial charge is 0.149 e. The van der Waals surface area contributed by atoms with Crippen LogP contribution in [0.3, 0.4) is 0 Å². The average Bonchev–Trinajstić information content (AvgIpc) is 2.23. The van der Waals surface area contributed by atoms with Crippen molar-refractivity contribution in [2.75, 3.05) is 13.1 Å². The summed E-state index contributed by atoms with van der Waals surface area (Å²) in [6.45, 7) is 1.19. The van der Waals surface area contributed by atoms with Gasteiger partial charge in [-0.2, -0.15) is 0 Å². The van der Waals surface area contributed by atoms with Crippen molar-refractivity contribution in [1.82, 2.24) is 10.3 Å². The van der Waals surface area contributed by atoms with E-state index in [-0.39, 0.29) is 6.10 Å². The van der Waals surface area contributed by atoms with E-state index in [0.717, 1.165) is 6.54 Å². The second kappa shape index (κ2) is 4.37. The van der Waals surface area contributed by atoms with Gasteiger partial charge in [0.05, 0.1) is 6.20 Å². The zero-order valence-corrected chi connectivity index (χ0v) is 7.82. The van der Waals surface area contributed by atoms with Crippen LogP contribution in [0.1, 0.15) is 6.42 Å². The summed E-state index contributed by atoms with van der Waals surface area (Å²) >= 11 is 0. The fourth-order valence-corrected chi connectivity index (χ4v) is 1.52. The van der Waals surface area contributed by atoms with Crippen molar-refractivity contribution in [3.05, 3.63) is 24.5 Å². The minimum Gasteiger partial charge on any atom is -0.486 e. The molecule has 0 aromatic carbocycles. The lowest BCUT2D eigenvalue weighted by Crippen LogP contribution is -2.44. The minimum atomic E-state index is -0.927. The number of ether oxygens (including phenoxy) is 1. The van der Waals surface area contributed by atoms with Crippen LogP contribution in [0.15, 0.2) is 24.5 Å². The molecule has 0 unspecified atom stereocenters. The minimum absolute atomic E-state index is 0.333. The molecule has 1 N–H and O–H groups in total. The van der Waals surface area contributed by atoms with E-state index in [1.807, 2.05) is 0 Å². The Morgan fingerprint density at radius 1 is 1.57 bits per heavy atom. The highest BCUT2D eigenvalue weighted by Gasteiger charge is 2.25. The summed E-state index contributed by atoms with van der Waals surface area (Å²) in [5.74, 6) is 0.641. The molecule has 1 aliphatic heterocycles. The molecule has 0 aliphatic carbocycles. The summed E-state index contributed by atoms with van der Waals surface area (Å²) in [6.07, 6.45) is 2.72. The van der Waals surface area contributed by atoms with Gasteiger partial charge in [-0.1, -0.05) is 0 Å². The van der Waals surface area contributed by atoms with Gasteiger partial charge in [0.25, 0.3) is 0 Å². The van der Waals surface area contributed by atoms with E-state index in [1.54, 1.807) is 24.5 Å². The molecular formula is C10H13FN2O.